The van der Waals surface area contributed by atoms with Crippen LogP contribution in [0, 0.1) is 12.3 Å². The van der Waals surface area contributed by atoms with E-state index in [4.69, 9.17) is 4.74 Å². The summed E-state index contributed by atoms with van der Waals surface area (Å²) >= 11 is 3.52. The molecular formula is C31H38BrN9O3S. The van der Waals surface area contributed by atoms with Crippen LogP contribution < -0.4 is 25.0 Å². The van der Waals surface area contributed by atoms with Gasteiger partial charge in [-0.2, -0.15) is 4.98 Å². The summed E-state index contributed by atoms with van der Waals surface area (Å²) in [6.07, 6.45) is 10.8. The number of rotatable bonds is 8. The Kier molecular flexibility index (Phi) is 8.72. The fraction of sp³-hybridized carbons (Fsp3) is 0.419. The first-order valence-electron chi connectivity index (χ1n) is 14.9. The van der Waals surface area contributed by atoms with Gasteiger partial charge in [0.05, 0.1) is 40.4 Å². The molecule has 45 heavy (non-hydrogen) atoms. The van der Waals surface area contributed by atoms with Crippen LogP contribution >= 0.6 is 15.9 Å². The van der Waals surface area contributed by atoms with Gasteiger partial charge in [-0.25, -0.2) is 13.4 Å². The maximum Gasteiger partial charge on any atom is 0.229 e. The summed E-state index contributed by atoms with van der Waals surface area (Å²) in [6, 6.07) is 7.66. The molecule has 1 spiro atoms. The van der Waals surface area contributed by atoms with Gasteiger partial charge >= 0.3 is 0 Å². The topological polar surface area (TPSA) is 138 Å². The van der Waals surface area contributed by atoms with Crippen molar-refractivity contribution < 1.29 is 13.2 Å². The van der Waals surface area contributed by atoms with Crippen molar-refractivity contribution in [1.29, 1.82) is 0 Å². The lowest BCUT2D eigenvalue weighted by Crippen LogP contribution is -2.46. The van der Waals surface area contributed by atoms with E-state index in [1.54, 1.807) is 31.6 Å². The highest BCUT2D eigenvalue weighted by atomic mass is 79.9. The first-order valence-corrected chi connectivity index (χ1v) is 17.6. The first kappa shape index (κ1) is 31.2. The Labute approximate surface area is 272 Å². The fourth-order valence-electron chi connectivity index (χ4n) is 6.29. The molecule has 0 aliphatic carbocycles. The number of fused-ring (bicyclic) bond motifs is 1. The molecule has 0 unspecified atom stereocenters. The van der Waals surface area contributed by atoms with Crippen molar-refractivity contribution in [3.8, 4) is 5.75 Å². The van der Waals surface area contributed by atoms with Gasteiger partial charge in [0.25, 0.3) is 0 Å². The molecule has 2 aromatic heterocycles. The lowest BCUT2D eigenvalue weighted by molar-refractivity contribution is 0.0944. The Balaban J connectivity index is 1.23. The Morgan fingerprint density at radius 1 is 0.956 bits per heavy atom. The van der Waals surface area contributed by atoms with Crippen LogP contribution in [-0.4, -0.2) is 79.8 Å². The van der Waals surface area contributed by atoms with Gasteiger partial charge in [-0.05, 0) is 97.9 Å². The van der Waals surface area contributed by atoms with Crippen LogP contribution in [0.3, 0.4) is 0 Å². The number of sulfonamides is 1. The zero-order chi connectivity index (χ0) is 31.8. The molecule has 238 valence electrons. The van der Waals surface area contributed by atoms with Gasteiger partial charge < -0.3 is 25.2 Å². The number of benzene rings is 2. The molecule has 2 aromatic carbocycles. The average molecular weight is 697 g/mol. The van der Waals surface area contributed by atoms with Crippen LogP contribution in [-0.2, 0) is 10.0 Å². The van der Waals surface area contributed by atoms with E-state index >= 15 is 0 Å². The van der Waals surface area contributed by atoms with Gasteiger partial charge in [-0.15, -0.1) is 0 Å². The highest BCUT2D eigenvalue weighted by molar-refractivity contribution is 9.10. The van der Waals surface area contributed by atoms with Gasteiger partial charge in [0.2, 0.25) is 16.0 Å². The van der Waals surface area contributed by atoms with Gasteiger partial charge in [-0.1, -0.05) is 0 Å². The van der Waals surface area contributed by atoms with E-state index in [0.29, 0.717) is 44.1 Å². The Morgan fingerprint density at radius 2 is 1.67 bits per heavy atom. The second-order valence-corrected chi connectivity index (χ2v) is 14.7. The van der Waals surface area contributed by atoms with E-state index in [0.717, 1.165) is 30.6 Å². The molecule has 2 aliphatic heterocycles. The lowest BCUT2D eigenvalue weighted by atomic mass is 9.71. The number of aryl methyl sites for hydroxylation is 1. The van der Waals surface area contributed by atoms with Gasteiger partial charge in [-0.3, -0.25) is 14.7 Å². The minimum absolute atomic E-state index is 0.274. The maximum atomic E-state index is 12.2. The van der Waals surface area contributed by atoms with Crippen molar-refractivity contribution >= 4 is 71.5 Å². The molecule has 14 heteroatoms. The van der Waals surface area contributed by atoms with E-state index in [-0.39, 0.29) is 5.69 Å². The molecule has 6 rings (SSSR count). The van der Waals surface area contributed by atoms with Crippen molar-refractivity contribution in [1.82, 2.24) is 24.8 Å². The van der Waals surface area contributed by atoms with E-state index in [2.05, 4.69) is 87.1 Å². The number of ether oxygens (including phenoxy) is 1. The average Bonchev–Trinajstić information content (AvgIpc) is 3.01. The zero-order valence-electron chi connectivity index (χ0n) is 25.9. The number of hydrogen-bond donors (Lipinski definition) is 3. The SMILES string of the molecule is COc1cc(N2CCC3(CCN(C)CC3)CC2)c(C)cc1Nc1ncc(Br)c(Nc2ccc3nccnc3c2NS(C)(=O)=O)n1. The molecule has 0 radical (unpaired) electrons. The molecule has 4 aromatic rings. The van der Waals surface area contributed by atoms with Crippen molar-refractivity contribution in [2.45, 2.75) is 32.6 Å². The summed E-state index contributed by atoms with van der Waals surface area (Å²) in [4.78, 5) is 22.7. The largest absolute Gasteiger partial charge is 0.494 e. The summed E-state index contributed by atoms with van der Waals surface area (Å²) in [5.41, 5.74) is 5.25. The minimum Gasteiger partial charge on any atom is -0.494 e. The molecule has 2 aliphatic rings. The molecule has 0 saturated carbocycles. The summed E-state index contributed by atoms with van der Waals surface area (Å²) < 4.78 is 33.4. The predicted octanol–water partition coefficient (Wildman–Crippen LogP) is 5.67. The Bertz CT molecular complexity index is 1820. The van der Waals surface area contributed by atoms with Crippen LogP contribution in [0.1, 0.15) is 31.2 Å². The number of halogens is 1. The van der Waals surface area contributed by atoms with Crippen LogP contribution in [0.4, 0.5) is 34.5 Å². The number of anilines is 6. The van der Waals surface area contributed by atoms with Crippen LogP contribution in [0.25, 0.3) is 11.0 Å². The number of nitrogens with zero attached hydrogens (tertiary/aromatic N) is 6. The van der Waals surface area contributed by atoms with Gasteiger partial charge in [0.15, 0.2) is 0 Å². The number of nitrogens with one attached hydrogen (secondary N) is 3. The van der Waals surface area contributed by atoms with Crippen molar-refractivity contribution in [2.24, 2.45) is 5.41 Å². The van der Waals surface area contributed by atoms with Crippen LogP contribution in [0.2, 0.25) is 0 Å². The van der Waals surface area contributed by atoms with Gasteiger partial charge in [0, 0.05) is 43.4 Å². The third-order valence-corrected chi connectivity index (χ3v) is 10.1. The zero-order valence-corrected chi connectivity index (χ0v) is 28.3. The number of aromatic nitrogens is 4. The summed E-state index contributed by atoms with van der Waals surface area (Å²) in [5, 5.41) is 6.54. The minimum atomic E-state index is -3.61. The molecule has 0 amide bonds. The smallest absolute Gasteiger partial charge is 0.229 e. The molecule has 4 heterocycles. The molecule has 3 N–H and O–H groups in total. The predicted molar refractivity (Wildman–Crippen MR) is 183 cm³/mol. The molecule has 0 atom stereocenters. The van der Waals surface area contributed by atoms with Crippen molar-refractivity contribution in [3.63, 3.8) is 0 Å². The highest BCUT2D eigenvalue weighted by Gasteiger charge is 2.37. The standard InChI is InChI=1S/C31H38BrN9O3S/c1-20-17-24(26(44-3)18-25(20)41-15-9-31(10-16-41)7-13-40(2)14-8-31)37-30-35-19-21(32)29(38-30)36-23-6-5-22-27(34-12-11-33-22)28(23)39-45(4,42)43/h5-6,11-12,17-19,39H,7-10,13-16H2,1-4H3,(H2,35,36,37,38). The third kappa shape index (κ3) is 6.92. The number of likely N-dealkylation sites (tertiary alicyclic amines) is 1. The molecule has 2 saturated heterocycles. The number of hydrogen-bond acceptors (Lipinski definition) is 11. The van der Waals surface area contributed by atoms with E-state index in [1.807, 2.05) is 0 Å². The van der Waals surface area contributed by atoms with Crippen molar-refractivity contribution in [2.75, 3.05) is 66.8 Å². The first-order chi connectivity index (χ1) is 21.5. The maximum absolute atomic E-state index is 12.2. The monoisotopic (exact) mass is 695 g/mol. The van der Waals surface area contributed by atoms with Gasteiger partial charge in [0.1, 0.15) is 17.1 Å². The fourth-order valence-corrected chi connectivity index (χ4v) is 7.16. The highest BCUT2D eigenvalue weighted by Crippen LogP contribution is 2.44. The van der Waals surface area contributed by atoms with Crippen molar-refractivity contribution in [3.05, 3.63) is 52.9 Å². The summed E-state index contributed by atoms with van der Waals surface area (Å²) in [5.74, 6) is 1.46. The number of methoxy groups -OCH3 is 1. The third-order valence-electron chi connectivity index (χ3n) is 8.90. The van der Waals surface area contributed by atoms with E-state index in [1.165, 1.54) is 50.7 Å². The summed E-state index contributed by atoms with van der Waals surface area (Å²) in [6.45, 7) is 6.59. The molecular weight excluding hydrogens is 658 g/mol. The Morgan fingerprint density at radius 3 is 2.38 bits per heavy atom. The second kappa shape index (κ2) is 12.6. The quantitative estimate of drug-likeness (QED) is 0.210. The van der Waals surface area contributed by atoms with E-state index in [9.17, 15) is 8.42 Å². The van der Waals surface area contributed by atoms with E-state index < -0.39 is 10.0 Å². The molecule has 12 nitrogen and oxygen atoms in total. The molecule has 2 fully saturated rings. The lowest BCUT2D eigenvalue weighted by Gasteiger charge is -2.47. The number of piperidine rings is 2. The van der Waals surface area contributed by atoms with Crippen LogP contribution in [0.5, 0.6) is 5.75 Å². The normalized spacial score (nSPS) is 17.0. The Hall–Kier alpha value is -3.75. The molecule has 0 bridgehead atoms. The summed E-state index contributed by atoms with van der Waals surface area (Å²) in [7, 11) is 0.277. The second-order valence-electron chi connectivity index (χ2n) is 12.1. The van der Waals surface area contributed by atoms with Crippen LogP contribution in [0.15, 0.2) is 47.3 Å².